The quantitative estimate of drug-likeness (QED) is 0.818. The Morgan fingerprint density at radius 1 is 1.12 bits per heavy atom. The van der Waals surface area contributed by atoms with Crippen molar-refractivity contribution >= 4 is 9.84 Å². The highest BCUT2D eigenvalue weighted by Crippen LogP contribution is 2.28. The fraction of sp³-hybridized carbons (Fsp3) is 0.727. The van der Waals surface area contributed by atoms with E-state index in [0.717, 1.165) is 25.7 Å². The molecule has 1 aliphatic carbocycles. The molecular weight excluding hydrogens is 240 g/mol. The van der Waals surface area contributed by atoms with Crippen LogP contribution >= 0.6 is 0 Å². The monoisotopic (exact) mass is 256 g/mol. The molecule has 1 aliphatic heterocycles. The van der Waals surface area contributed by atoms with E-state index in [9.17, 15) is 13.2 Å². The zero-order chi connectivity index (χ0) is 12.0. The lowest BCUT2D eigenvalue weighted by atomic mass is 9.96. The predicted molar refractivity (Wildman–Crippen MR) is 63.5 cm³/mol. The van der Waals surface area contributed by atoms with E-state index in [4.69, 9.17) is 0 Å². The normalized spacial score (nSPS) is 23.8. The van der Waals surface area contributed by atoms with Crippen LogP contribution in [0.1, 0.15) is 49.4 Å². The van der Waals surface area contributed by atoms with E-state index in [0.29, 0.717) is 11.3 Å². The summed E-state index contributed by atoms with van der Waals surface area (Å²) in [5.74, 6) is -0.0886. The van der Waals surface area contributed by atoms with Crippen LogP contribution in [0.5, 0.6) is 0 Å². The second-order valence-electron chi connectivity index (χ2n) is 5.07. The molecule has 0 atom stereocenters. The summed E-state index contributed by atoms with van der Waals surface area (Å²) in [6.07, 6.45) is 5.58. The summed E-state index contributed by atoms with van der Waals surface area (Å²) in [5.41, 5.74) is 0.962. The third-order valence-electron chi connectivity index (χ3n) is 3.76. The lowest BCUT2D eigenvalue weighted by Crippen LogP contribution is -2.26. The molecule has 0 saturated heterocycles. The second kappa shape index (κ2) is 3.73. The van der Waals surface area contributed by atoms with Crippen LogP contribution in [-0.4, -0.2) is 18.2 Å². The van der Waals surface area contributed by atoms with Crippen LogP contribution in [-0.2, 0) is 21.3 Å². The third kappa shape index (κ3) is 1.84. The number of H-pyrrole nitrogens is 1. The van der Waals surface area contributed by atoms with Gasteiger partial charge >= 0.3 is 0 Å². The van der Waals surface area contributed by atoms with E-state index < -0.39 is 9.84 Å². The summed E-state index contributed by atoms with van der Waals surface area (Å²) in [6.45, 7) is 0. The lowest BCUT2D eigenvalue weighted by Gasteiger charge is -2.22. The molecule has 0 aromatic carbocycles. The first-order valence-electron chi connectivity index (χ1n) is 6.09. The van der Waals surface area contributed by atoms with Crippen LogP contribution in [0.25, 0.3) is 0 Å². The van der Waals surface area contributed by atoms with Gasteiger partial charge in [0.2, 0.25) is 0 Å². The number of fused-ring (bicyclic) bond motifs is 1. The van der Waals surface area contributed by atoms with Crippen molar-refractivity contribution in [1.82, 2.24) is 9.78 Å². The zero-order valence-corrected chi connectivity index (χ0v) is 10.4. The maximum atomic E-state index is 12.1. The van der Waals surface area contributed by atoms with Crippen molar-refractivity contribution in [3.8, 4) is 0 Å². The van der Waals surface area contributed by atoms with Crippen LogP contribution in [0.4, 0.5) is 0 Å². The first-order chi connectivity index (χ1) is 8.07. The van der Waals surface area contributed by atoms with E-state index in [-0.39, 0.29) is 23.1 Å². The molecule has 1 saturated carbocycles. The van der Waals surface area contributed by atoms with Crippen molar-refractivity contribution in [1.29, 1.82) is 0 Å². The molecule has 0 radical (unpaired) electrons. The number of hydrogen-bond acceptors (Lipinski definition) is 3. The van der Waals surface area contributed by atoms with Crippen molar-refractivity contribution < 1.29 is 8.42 Å². The Bertz CT molecular complexity index is 591. The Hall–Kier alpha value is -1.04. The predicted octanol–water partition coefficient (Wildman–Crippen LogP) is 1.11. The minimum Gasteiger partial charge on any atom is -0.298 e. The molecule has 1 fully saturated rings. The zero-order valence-electron chi connectivity index (χ0n) is 9.61. The minimum atomic E-state index is -3.08. The van der Waals surface area contributed by atoms with Gasteiger partial charge in [0, 0.05) is 0 Å². The molecule has 0 amide bonds. The summed E-state index contributed by atoms with van der Waals surface area (Å²) in [7, 11) is -3.08. The molecule has 3 rings (SSSR count). The van der Waals surface area contributed by atoms with E-state index in [1.807, 2.05) is 0 Å². The number of aromatic amines is 1. The van der Waals surface area contributed by atoms with Gasteiger partial charge in [0.25, 0.3) is 5.56 Å². The molecular formula is C11H16N2O3S. The molecule has 0 spiro atoms. The van der Waals surface area contributed by atoms with Gasteiger partial charge in [-0.3, -0.25) is 9.89 Å². The Balaban J connectivity index is 1.97. The molecule has 1 N–H and O–H groups in total. The fourth-order valence-corrected chi connectivity index (χ4v) is 4.41. The first-order valence-corrected chi connectivity index (χ1v) is 7.92. The van der Waals surface area contributed by atoms with Gasteiger partial charge in [-0.25, -0.2) is 13.1 Å². The van der Waals surface area contributed by atoms with Gasteiger partial charge in [0.1, 0.15) is 0 Å². The van der Waals surface area contributed by atoms with Gasteiger partial charge < -0.3 is 0 Å². The highest BCUT2D eigenvalue weighted by Gasteiger charge is 2.32. The van der Waals surface area contributed by atoms with Crippen LogP contribution in [0.3, 0.4) is 0 Å². The van der Waals surface area contributed by atoms with Crippen molar-refractivity contribution in [2.45, 2.75) is 49.7 Å². The van der Waals surface area contributed by atoms with Gasteiger partial charge in [-0.2, -0.15) is 0 Å². The summed E-state index contributed by atoms with van der Waals surface area (Å²) in [6, 6.07) is 0.240. The smallest absolute Gasteiger partial charge is 0.271 e. The number of nitrogens with one attached hydrogen (secondary N) is 1. The highest BCUT2D eigenvalue weighted by atomic mass is 32.2. The van der Waals surface area contributed by atoms with E-state index >= 15 is 0 Å². The van der Waals surface area contributed by atoms with Gasteiger partial charge in [-0.1, -0.05) is 19.3 Å². The molecule has 0 unspecified atom stereocenters. The standard InChI is InChI=1S/C11H16N2O3S/c14-11-9-6-17(15,16)7-10(9)12-13(11)8-4-2-1-3-5-8/h8,12H,1-7H2. The van der Waals surface area contributed by atoms with Gasteiger partial charge in [-0.05, 0) is 12.8 Å². The molecule has 94 valence electrons. The number of sulfone groups is 1. The van der Waals surface area contributed by atoms with Gasteiger partial charge in [0.05, 0.1) is 28.8 Å². The lowest BCUT2D eigenvalue weighted by molar-refractivity contribution is 0.322. The molecule has 17 heavy (non-hydrogen) atoms. The topological polar surface area (TPSA) is 71.9 Å². The van der Waals surface area contributed by atoms with Crippen molar-refractivity contribution in [2.24, 2.45) is 0 Å². The SMILES string of the molecule is O=c1c2c([nH]n1C1CCCCC1)CS(=O)(=O)C2. The highest BCUT2D eigenvalue weighted by molar-refractivity contribution is 7.90. The molecule has 6 heteroatoms. The Morgan fingerprint density at radius 3 is 2.47 bits per heavy atom. The second-order valence-corrected chi connectivity index (χ2v) is 7.13. The summed E-state index contributed by atoms with van der Waals surface area (Å²) in [5, 5.41) is 3.01. The van der Waals surface area contributed by atoms with Crippen molar-refractivity contribution in [3.05, 3.63) is 21.6 Å². The number of rotatable bonds is 1. The van der Waals surface area contributed by atoms with Gasteiger partial charge in [-0.15, -0.1) is 0 Å². The molecule has 2 aliphatic rings. The van der Waals surface area contributed by atoms with Crippen LogP contribution in [0.15, 0.2) is 4.79 Å². The van der Waals surface area contributed by atoms with Crippen LogP contribution < -0.4 is 5.56 Å². The average Bonchev–Trinajstić information content (AvgIpc) is 2.75. The maximum absolute atomic E-state index is 12.1. The van der Waals surface area contributed by atoms with Crippen LogP contribution in [0, 0.1) is 0 Å². The number of aromatic nitrogens is 2. The Morgan fingerprint density at radius 2 is 1.82 bits per heavy atom. The van der Waals surface area contributed by atoms with Crippen LogP contribution in [0.2, 0.25) is 0 Å². The molecule has 5 nitrogen and oxygen atoms in total. The van der Waals surface area contributed by atoms with E-state index in [2.05, 4.69) is 5.10 Å². The maximum Gasteiger partial charge on any atom is 0.271 e. The summed E-state index contributed by atoms with van der Waals surface area (Å²) in [4.78, 5) is 12.1. The van der Waals surface area contributed by atoms with Gasteiger partial charge in [0.15, 0.2) is 9.84 Å². The number of nitrogens with zero attached hydrogens (tertiary/aromatic N) is 1. The van der Waals surface area contributed by atoms with E-state index in [1.54, 1.807) is 4.68 Å². The minimum absolute atomic E-state index is 0.00269. The summed E-state index contributed by atoms with van der Waals surface area (Å²) < 4.78 is 24.5. The average molecular weight is 256 g/mol. The van der Waals surface area contributed by atoms with Crippen molar-refractivity contribution in [2.75, 3.05) is 0 Å². The first kappa shape index (κ1) is 11.1. The third-order valence-corrected chi connectivity index (χ3v) is 5.22. The molecule has 1 aromatic rings. The largest absolute Gasteiger partial charge is 0.298 e. The molecule has 0 bridgehead atoms. The number of hydrogen-bond donors (Lipinski definition) is 1. The molecule has 2 heterocycles. The van der Waals surface area contributed by atoms with Crippen molar-refractivity contribution in [3.63, 3.8) is 0 Å². The summed E-state index contributed by atoms with van der Waals surface area (Å²) >= 11 is 0. The Kier molecular flexibility index (Phi) is 2.43. The fourth-order valence-electron chi connectivity index (χ4n) is 2.89. The molecule has 1 aromatic heterocycles. The van der Waals surface area contributed by atoms with E-state index in [1.165, 1.54) is 6.42 Å². The Labute approximate surface area is 99.7 Å².